The summed E-state index contributed by atoms with van der Waals surface area (Å²) >= 11 is 0. The van der Waals surface area contributed by atoms with Gasteiger partial charge in [-0.2, -0.15) is 0 Å². The van der Waals surface area contributed by atoms with Gasteiger partial charge in [0.25, 0.3) is 0 Å². The third-order valence-corrected chi connectivity index (χ3v) is 2.80. The number of methoxy groups -OCH3 is 2. The van der Waals surface area contributed by atoms with Crippen molar-refractivity contribution in [1.82, 2.24) is 0 Å². The lowest BCUT2D eigenvalue weighted by atomic mass is 10.0. The van der Waals surface area contributed by atoms with E-state index in [9.17, 15) is 0 Å². The molecule has 4 heteroatoms. The summed E-state index contributed by atoms with van der Waals surface area (Å²) in [5.74, 6) is 1.47. The minimum absolute atomic E-state index is 0.542. The highest BCUT2D eigenvalue weighted by Crippen LogP contribution is 2.39. The average Bonchev–Trinajstić information content (AvgIpc) is 2.41. The number of ether oxygens (including phenoxy) is 2. The maximum Gasteiger partial charge on any atom is 0.130 e. The SMILES string of the molecule is COc1cccc(OC)c1-c1ccc(N)c(N)c1. The van der Waals surface area contributed by atoms with E-state index in [0.717, 1.165) is 22.6 Å². The van der Waals surface area contributed by atoms with E-state index in [1.54, 1.807) is 20.3 Å². The van der Waals surface area contributed by atoms with E-state index in [2.05, 4.69) is 0 Å². The second kappa shape index (κ2) is 4.87. The van der Waals surface area contributed by atoms with Crippen LogP contribution in [0.25, 0.3) is 11.1 Å². The van der Waals surface area contributed by atoms with Crippen molar-refractivity contribution >= 4 is 11.4 Å². The highest BCUT2D eigenvalue weighted by Gasteiger charge is 2.12. The first-order chi connectivity index (χ1) is 8.67. The van der Waals surface area contributed by atoms with Gasteiger partial charge in [0.05, 0.1) is 31.2 Å². The quantitative estimate of drug-likeness (QED) is 0.814. The van der Waals surface area contributed by atoms with Gasteiger partial charge in [0.1, 0.15) is 11.5 Å². The monoisotopic (exact) mass is 244 g/mol. The molecular weight excluding hydrogens is 228 g/mol. The second-order valence-electron chi connectivity index (χ2n) is 3.88. The van der Waals surface area contributed by atoms with Crippen LogP contribution in [0.15, 0.2) is 36.4 Å². The molecule has 0 amide bonds. The molecule has 0 aromatic heterocycles. The zero-order valence-electron chi connectivity index (χ0n) is 10.4. The van der Waals surface area contributed by atoms with Gasteiger partial charge in [0.2, 0.25) is 0 Å². The van der Waals surface area contributed by atoms with E-state index in [4.69, 9.17) is 20.9 Å². The topological polar surface area (TPSA) is 70.5 Å². The molecule has 0 spiro atoms. The summed E-state index contributed by atoms with van der Waals surface area (Å²) < 4.78 is 10.7. The summed E-state index contributed by atoms with van der Waals surface area (Å²) in [5, 5.41) is 0. The molecule has 0 unspecified atom stereocenters. The van der Waals surface area contributed by atoms with Gasteiger partial charge in [0, 0.05) is 0 Å². The second-order valence-corrected chi connectivity index (χ2v) is 3.88. The molecule has 2 aromatic carbocycles. The molecule has 0 bridgehead atoms. The van der Waals surface area contributed by atoms with Gasteiger partial charge >= 0.3 is 0 Å². The number of benzene rings is 2. The molecule has 0 radical (unpaired) electrons. The Hall–Kier alpha value is -2.36. The van der Waals surface area contributed by atoms with E-state index in [0.29, 0.717) is 11.4 Å². The lowest BCUT2D eigenvalue weighted by Gasteiger charge is -2.14. The summed E-state index contributed by atoms with van der Waals surface area (Å²) in [6.45, 7) is 0. The zero-order valence-corrected chi connectivity index (χ0v) is 10.4. The van der Waals surface area contributed by atoms with E-state index >= 15 is 0 Å². The Balaban J connectivity index is 2.64. The van der Waals surface area contributed by atoms with Crippen molar-refractivity contribution in [2.75, 3.05) is 25.7 Å². The summed E-state index contributed by atoms with van der Waals surface area (Å²) in [5.41, 5.74) is 14.4. The van der Waals surface area contributed by atoms with Crippen LogP contribution in [0.3, 0.4) is 0 Å². The third kappa shape index (κ3) is 2.05. The molecule has 94 valence electrons. The van der Waals surface area contributed by atoms with Crippen LogP contribution < -0.4 is 20.9 Å². The third-order valence-electron chi connectivity index (χ3n) is 2.80. The van der Waals surface area contributed by atoms with Crippen LogP contribution in [0.4, 0.5) is 11.4 Å². The Kier molecular flexibility index (Phi) is 3.28. The summed E-state index contributed by atoms with van der Waals surface area (Å²) in [6.07, 6.45) is 0. The average molecular weight is 244 g/mol. The first-order valence-electron chi connectivity index (χ1n) is 5.53. The van der Waals surface area contributed by atoms with Crippen molar-refractivity contribution in [3.63, 3.8) is 0 Å². The van der Waals surface area contributed by atoms with Crippen LogP contribution in [0.1, 0.15) is 0 Å². The molecule has 4 N–H and O–H groups in total. The molecular formula is C14H16N2O2. The molecule has 0 saturated heterocycles. The van der Waals surface area contributed by atoms with Crippen molar-refractivity contribution < 1.29 is 9.47 Å². The molecule has 0 heterocycles. The van der Waals surface area contributed by atoms with Crippen molar-refractivity contribution in [2.24, 2.45) is 0 Å². The lowest BCUT2D eigenvalue weighted by molar-refractivity contribution is 0.397. The van der Waals surface area contributed by atoms with Gasteiger partial charge < -0.3 is 20.9 Å². The molecule has 0 saturated carbocycles. The predicted molar refractivity (Wildman–Crippen MR) is 73.8 cm³/mol. The van der Waals surface area contributed by atoms with Crippen LogP contribution in [0.2, 0.25) is 0 Å². The molecule has 2 aromatic rings. The summed E-state index contributed by atoms with van der Waals surface area (Å²) in [6, 6.07) is 11.1. The fraction of sp³-hybridized carbons (Fsp3) is 0.143. The van der Waals surface area contributed by atoms with Crippen LogP contribution >= 0.6 is 0 Å². The van der Waals surface area contributed by atoms with Crippen molar-refractivity contribution in [2.45, 2.75) is 0 Å². The number of hydrogen-bond acceptors (Lipinski definition) is 4. The number of rotatable bonds is 3. The molecule has 2 rings (SSSR count). The standard InChI is InChI=1S/C14H16N2O2/c1-17-12-4-3-5-13(18-2)14(12)9-6-7-10(15)11(16)8-9/h3-8H,15-16H2,1-2H3. The Morgan fingerprint density at radius 2 is 1.44 bits per heavy atom. The molecule has 0 aliphatic heterocycles. The molecule has 4 nitrogen and oxygen atoms in total. The molecule has 0 aliphatic rings. The van der Waals surface area contributed by atoms with Crippen LogP contribution in [-0.2, 0) is 0 Å². The van der Waals surface area contributed by atoms with Gasteiger partial charge in [-0.05, 0) is 29.8 Å². The maximum atomic E-state index is 5.83. The molecule has 0 fully saturated rings. The highest BCUT2D eigenvalue weighted by molar-refractivity contribution is 5.81. The number of nitrogen functional groups attached to an aromatic ring is 2. The maximum absolute atomic E-state index is 5.83. The first-order valence-corrected chi connectivity index (χ1v) is 5.53. The largest absolute Gasteiger partial charge is 0.496 e. The Bertz CT molecular complexity index is 545. The Morgan fingerprint density at radius 1 is 0.833 bits per heavy atom. The van der Waals surface area contributed by atoms with E-state index in [1.807, 2.05) is 30.3 Å². The fourth-order valence-corrected chi connectivity index (χ4v) is 1.87. The number of hydrogen-bond donors (Lipinski definition) is 2. The van der Waals surface area contributed by atoms with E-state index in [-0.39, 0.29) is 0 Å². The fourth-order valence-electron chi connectivity index (χ4n) is 1.87. The van der Waals surface area contributed by atoms with Gasteiger partial charge in [-0.3, -0.25) is 0 Å². The smallest absolute Gasteiger partial charge is 0.130 e. The molecule has 0 aliphatic carbocycles. The van der Waals surface area contributed by atoms with Crippen LogP contribution in [0, 0.1) is 0 Å². The van der Waals surface area contributed by atoms with Crippen molar-refractivity contribution in [3.8, 4) is 22.6 Å². The van der Waals surface area contributed by atoms with Crippen LogP contribution in [0.5, 0.6) is 11.5 Å². The number of nitrogens with two attached hydrogens (primary N) is 2. The molecule has 18 heavy (non-hydrogen) atoms. The highest BCUT2D eigenvalue weighted by atomic mass is 16.5. The zero-order chi connectivity index (χ0) is 13.1. The molecule has 0 atom stereocenters. The van der Waals surface area contributed by atoms with Crippen molar-refractivity contribution in [3.05, 3.63) is 36.4 Å². The van der Waals surface area contributed by atoms with Crippen LogP contribution in [-0.4, -0.2) is 14.2 Å². The minimum atomic E-state index is 0.542. The normalized spacial score (nSPS) is 10.1. The Labute approximate surface area is 106 Å². The summed E-state index contributed by atoms with van der Waals surface area (Å²) in [7, 11) is 3.25. The van der Waals surface area contributed by atoms with E-state index < -0.39 is 0 Å². The van der Waals surface area contributed by atoms with Gasteiger partial charge in [-0.15, -0.1) is 0 Å². The lowest BCUT2D eigenvalue weighted by Crippen LogP contribution is -1.96. The number of anilines is 2. The van der Waals surface area contributed by atoms with E-state index in [1.165, 1.54) is 0 Å². The van der Waals surface area contributed by atoms with Gasteiger partial charge in [-0.25, -0.2) is 0 Å². The predicted octanol–water partition coefficient (Wildman–Crippen LogP) is 2.54. The minimum Gasteiger partial charge on any atom is -0.496 e. The summed E-state index contributed by atoms with van der Waals surface area (Å²) in [4.78, 5) is 0. The Morgan fingerprint density at radius 3 is 1.94 bits per heavy atom. The van der Waals surface area contributed by atoms with Gasteiger partial charge in [0.15, 0.2) is 0 Å². The van der Waals surface area contributed by atoms with Crippen molar-refractivity contribution in [1.29, 1.82) is 0 Å². The van der Waals surface area contributed by atoms with Gasteiger partial charge in [-0.1, -0.05) is 12.1 Å². The first kappa shape index (κ1) is 12.1.